The third-order valence-corrected chi connectivity index (χ3v) is 4.43. The number of rotatable bonds is 6. The zero-order valence-electron chi connectivity index (χ0n) is 13.8. The number of hydrogen-bond donors (Lipinski definition) is 1. The highest BCUT2D eigenvalue weighted by atomic mass is 35.5. The summed E-state index contributed by atoms with van der Waals surface area (Å²) in [5.41, 5.74) is 2.21. The van der Waals surface area contributed by atoms with Crippen LogP contribution in [0.4, 0.5) is 17.1 Å². The highest BCUT2D eigenvalue weighted by Crippen LogP contribution is 2.34. The Morgan fingerprint density at radius 3 is 2.54 bits per heavy atom. The highest BCUT2D eigenvalue weighted by Gasteiger charge is 2.19. The van der Waals surface area contributed by atoms with E-state index in [0.717, 1.165) is 12.1 Å². The van der Waals surface area contributed by atoms with Crippen molar-refractivity contribution in [3.05, 3.63) is 84.6 Å². The molecule has 0 atom stereocenters. The van der Waals surface area contributed by atoms with E-state index in [9.17, 15) is 20.2 Å². The van der Waals surface area contributed by atoms with Gasteiger partial charge in [-0.25, -0.2) is 0 Å². The molecule has 28 heavy (non-hydrogen) atoms. The smallest absolute Gasteiger partial charge is 0.301 e. The van der Waals surface area contributed by atoms with Crippen LogP contribution in [0.1, 0.15) is 5.76 Å². The van der Waals surface area contributed by atoms with Gasteiger partial charge >= 0.3 is 5.69 Å². The first-order valence-corrected chi connectivity index (χ1v) is 8.38. The summed E-state index contributed by atoms with van der Waals surface area (Å²) in [6.45, 7) is 0. The third kappa shape index (κ3) is 4.11. The van der Waals surface area contributed by atoms with E-state index in [4.69, 9.17) is 27.6 Å². The van der Waals surface area contributed by atoms with E-state index < -0.39 is 21.2 Å². The van der Waals surface area contributed by atoms with Gasteiger partial charge in [0.05, 0.1) is 32.2 Å². The number of hydrazone groups is 1. The Balaban J connectivity index is 1.79. The van der Waals surface area contributed by atoms with Crippen LogP contribution >= 0.6 is 23.2 Å². The van der Waals surface area contributed by atoms with Crippen LogP contribution in [-0.4, -0.2) is 16.1 Å². The second-order valence-corrected chi connectivity index (χ2v) is 6.17. The first-order chi connectivity index (χ1) is 13.4. The molecule has 0 aliphatic heterocycles. The van der Waals surface area contributed by atoms with Crippen LogP contribution in [0, 0.1) is 20.2 Å². The second-order valence-electron chi connectivity index (χ2n) is 5.39. The van der Waals surface area contributed by atoms with Crippen LogP contribution in [0.25, 0.3) is 11.3 Å². The quantitative estimate of drug-likeness (QED) is 0.318. The van der Waals surface area contributed by atoms with Crippen molar-refractivity contribution < 1.29 is 14.3 Å². The summed E-state index contributed by atoms with van der Waals surface area (Å²) in [4.78, 5) is 20.4. The van der Waals surface area contributed by atoms with E-state index in [-0.39, 0.29) is 5.69 Å². The molecule has 0 aliphatic rings. The largest absolute Gasteiger partial charge is 0.455 e. The van der Waals surface area contributed by atoms with Crippen molar-refractivity contribution >= 4 is 46.5 Å². The summed E-state index contributed by atoms with van der Waals surface area (Å²) in [6, 6.07) is 11.6. The van der Waals surface area contributed by atoms with Gasteiger partial charge in [-0.3, -0.25) is 25.7 Å². The van der Waals surface area contributed by atoms with Gasteiger partial charge in [0.25, 0.3) is 5.69 Å². The lowest BCUT2D eigenvalue weighted by atomic mass is 10.2. The number of hydrogen-bond acceptors (Lipinski definition) is 7. The van der Waals surface area contributed by atoms with Gasteiger partial charge in [-0.2, -0.15) is 5.10 Å². The van der Waals surface area contributed by atoms with Crippen LogP contribution in [-0.2, 0) is 0 Å². The maximum absolute atomic E-state index is 11.1. The zero-order valence-corrected chi connectivity index (χ0v) is 15.3. The topological polar surface area (TPSA) is 124 Å². The molecule has 0 spiro atoms. The Bertz CT molecular complexity index is 1100. The molecule has 0 aliphatic carbocycles. The monoisotopic (exact) mass is 420 g/mol. The zero-order chi connectivity index (χ0) is 20.3. The van der Waals surface area contributed by atoms with Crippen molar-refractivity contribution in [1.82, 2.24) is 0 Å². The molecule has 11 heteroatoms. The number of nitrogens with zero attached hydrogens (tertiary/aromatic N) is 3. The minimum Gasteiger partial charge on any atom is -0.455 e. The molecule has 3 aromatic rings. The van der Waals surface area contributed by atoms with Gasteiger partial charge in [-0.1, -0.05) is 29.3 Å². The van der Waals surface area contributed by atoms with Crippen LogP contribution in [0.2, 0.25) is 10.0 Å². The Labute approximate surface area is 167 Å². The fourth-order valence-corrected chi connectivity index (χ4v) is 2.70. The normalized spacial score (nSPS) is 10.9. The Morgan fingerprint density at radius 1 is 1.04 bits per heavy atom. The summed E-state index contributed by atoms with van der Waals surface area (Å²) >= 11 is 12.1. The van der Waals surface area contributed by atoms with Gasteiger partial charge in [0.15, 0.2) is 0 Å². The van der Waals surface area contributed by atoms with Crippen molar-refractivity contribution in [1.29, 1.82) is 0 Å². The predicted molar refractivity (Wildman–Crippen MR) is 105 cm³/mol. The van der Waals surface area contributed by atoms with E-state index in [1.807, 2.05) is 0 Å². The SMILES string of the molecule is O=[N+]([O-])c1ccc(N/N=C/c2ccc(-c3cccc(Cl)c3Cl)o2)c([N+](=O)[O-])c1. The molecule has 0 saturated heterocycles. The molecule has 0 bridgehead atoms. The van der Waals surface area contributed by atoms with Gasteiger partial charge < -0.3 is 4.42 Å². The fourth-order valence-electron chi connectivity index (χ4n) is 2.31. The first kappa shape index (κ1) is 19.3. The highest BCUT2D eigenvalue weighted by molar-refractivity contribution is 6.43. The lowest BCUT2D eigenvalue weighted by Gasteiger charge is -2.02. The van der Waals surface area contributed by atoms with Crippen LogP contribution < -0.4 is 5.43 Å². The third-order valence-electron chi connectivity index (χ3n) is 3.61. The summed E-state index contributed by atoms with van der Waals surface area (Å²) in [5.74, 6) is 0.818. The van der Waals surface area contributed by atoms with Gasteiger partial charge in [0.2, 0.25) is 0 Å². The van der Waals surface area contributed by atoms with Crippen molar-refractivity contribution in [2.75, 3.05) is 5.43 Å². The summed E-state index contributed by atoms with van der Waals surface area (Å²) in [6.07, 6.45) is 1.30. The number of nitro benzene ring substituents is 2. The molecule has 0 radical (unpaired) electrons. The average molecular weight is 421 g/mol. The standard InChI is InChI=1S/C17H10Cl2N4O5/c18-13-3-1-2-12(17(13)19)16-7-5-11(28-16)9-20-21-14-6-4-10(22(24)25)8-15(14)23(26)27/h1-9,21H/b20-9+. The molecule has 1 aromatic heterocycles. The number of benzene rings is 2. The lowest BCUT2D eigenvalue weighted by molar-refractivity contribution is -0.393. The second kappa shape index (κ2) is 8.07. The van der Waals surface area contributed by atoms with Crippen molar-refractivity contribution in [3.63, 3.8) is 0 Å². The molecule has 3 rings (SSSR count). The number of non-ortho nitro benzene ring substituents is 1. The molecule has 0 saturated carbocycles. The Kier molecular flexibility index (Phi) is 5.57. The molecule has 1 N–H and O–H groups in total. The van der Waals surface area contributed by atoms with Crippen molar-refractivity contribution in [3.8, 4) is 11.3 Å². The number of nitrogens with one attached hydrogen (secondary N) is 1. The van der Waals surface area contributed by atoms with Crippen LogP contribution in [0.5, 0.6) is 0 Å². The first-order valence-electron chi connectivity index (χ1n) is 7.63. The maximum Gasteiger partial charge on any atom is 0.301 e. The van der Waals surface area contributed by atoms with E-state index in [1.54, 1.807) is 30.3 Å². The molecule has 2 aromatic carbocycles. The van der Waals surface area contributed by atoms with Crippen LogP contribution in [0.15, 0.2) is 58.0 Å². The molecule has 142 valence electrons. The molecule has 1 heterocycles. The molecule has 9 nitrogen and oxygen atoms in total. The molecular formula is C17H10Cl2N4O5. The number of halogens is 2. The molecule has 0 unspecified atom stereocenters. The number of anilines is 1. The van der Waals surface area contributed by atoms with E-state index in [1.165, 1.54) is 12.3 Å². The van der Waals surface area contributed by atoms with Gasteiger partial charge in [-0.05, 0) is 30.3 Å². The molecule has 0 amide bonds. The molecular weight excluding hydrogens is 411 g/mol. The Morgan fingerprint density at radius 2 is 1.82 bits per heavy atom. The summed E-state index contributed by atoms with van der Waals surface area (Å²) in [7, 11) is 0. The minimum absolute atomic E-state index is 0.00323. The van der Waals surface area contributed by atoms with Crippen molar-refractivity contribution in [2.24, 2.45) is 5.10 Å². The maximum atomic E-state index is 11.1. The van der Waals surface area contributed by atoms with Gasteiger partial charge in [0.1, 0.15) is 17.2 Å². The van der Waals surface area contributed by atoms with Gasteiger partial charge in [-0.15, -0.1) is 0 Å². The fraction of sp³-hybridized carbons (Fsp3) is 0. The van der Waals surface area contributed by atoms with Crippen molar-refractivity contribution in [2.45, 2.75) is 0 Å². The minimum atomic E-state index is -0.739. The summed E-state index contributed by atoms with van der Waals surface area (Å²) < 4.78 is 5.62. The van der Waals surface area contributed by atoms with E-state index in [2.05, 4.69) is 10.5 Å². The number of nitro groups is 2. The van der Waals surface area contributed by atoms with E-state index in [0.29, 0.717) is 27.1 Å². The van der Waals surface area contributed by atoms with Crippen LogP contribution in [0.3, 0.4) is 0 Å². The number of furan rings is 1. The lowest BCUT2D eigenvalue weighted by Crippen LogP contribution is -1.98. The Hall–Kier alpha value is -3.43. The predicted octanol–water partition coefficient (Wildman–Crippen LogP) is 5.52. The van der Waals surface area contributed by atoms with E-state index >= 15 is 0 Å². The molecule has 0 fully saturated rings. The van der Waals surface area contributed by atoms with Gasteiger partial charge in [0, 0.05) is 11.6 Å². The summed E-state index contributed by atoms with van der Waals surface area (Å²) in [5, 5.41) is 26.5. The average Bonchev–Trinajstić information content (AvgIpc) is 3.12.